The molecule has 0 saturated carbocycles. The molecule has 1 atom stereocenters. The first-order valence-electron chi connectivity index (χ1n) is 12.1. The Bertz CT molecular complexity index is 1070. The fourth-order valence-corrected chi connectivity index (χ4v) is 4.51. The number of benzene rings is 1. The lowest BCUT2D eigenvalue weighted by molar-refractivity contribution is 0.515. The number of aryl methyl sites for hydroxylation is 5. The van der Waals surface area contributed by atoms with Crippen LogP contribution >= 0.6 is 24.0 Å². The molecule has 2 heterocycles. The molecule has 0 bridgehead atoms. The number of hydrogen-bond donors (Lipinski definition) is 2. The van der Waals surface area contributed by atoms with E-state index in [1.165, 1.54) is 16.8 Å². The van der Waals surface area contributed by atoms with Crippen LogP contribution in [0.5, 0.6) is 0 Å². The van der Waals surface area contributed by atoms with Crippen LogP contribution in [0.15, 0.2) is 41.7 Å². The van der Waals surface area contributed by atoms with Gasteiger partial charge in [-0.25, -0.2) is 0 Å². The quantitative estimate of drug-likeness (QED) is 0.177. The largest absolute Gasteiger partial charge is 0.355 e. The second-order valence-corrected chi connectivity index (χ2v) is 8.81. The van der Waals surface area contributed by atoms with Crippen molar-refractivity contribution in [2.75, 3.05) is 13.1 Å². The van der Waals surface area contributed by atoms with Crippen LogP contribution in [-0.2, 0) is 32.4 Å². The normalized spacial score (nSPS) is 15.5. The van der Waals surface area contributed by atoms with Crippen LogP contribution in [-0.4, -0.2) is 49.6 Å². The summed E-state index contributed by atoms with van der Waals surface area (Å²) in [5, 5.41) is 20.0. The molecular formula is C25H37IN8. The highest BCUT2D eigenvalue weighted by Gasteiger charge is 2.19. The van der Waals surface area contributed by atoms with E-state index in [0.29, 0.717) is 6.04 Å². The first-order valence-corrected chi connectivity index (χ1v) is 12.1. The van der Waals surface area contributed by atoms with Gasteiger partial charge in [-0.2, -0.15) is 5.10 Å². The number of fused-ring (bicyclic) bond motifs is 1. The fraction of sp³-hybridized carbons (Fsp3) is 0.520. The summed E-state index contributed by atoms with van der Waals surface area (Å²) in [6.45, 7) is 9.47. The number of rotatable bonds is 9. The van der Waals surface area contributed by atoms with E-state index in [1.54, 1.807) is 6.33 Å². The highest BCUT2D eigenvalue weighted by molar-refractivity contribution is 14.0. The third-order valence-electron chi connectivity index (χ3n) is 6.25. The van der Waals surface area contributed by atoms with Crippen LogP contribution in [0.3, 0.4) is 0 Å². The van der Waals surface area contributed by atoms with Gasteiger partial charge < -0.3 is 15.2 Å². The first kappa shape index (κ1) is 26.2. The molecule has 0 saturated heterocycles. The van der Waals surface area contributed by atoms with Crippen molar-refractivity contribution >= 4 is 29.9 Å². The molecule has 2 aromatic heterocycles. The molecule has 9 heteroatoms. The average Bonchev–Trinajstić information content (AvgIpc) is 3.41. The highest BCUT2D eigenvalue weighted by Crippen LogP contribution is 2.20. The van der Waals surface area contributed by atoms with Crippen molar-refractivity contribution in [3.63, 3.8) is 0 Å². The molecular weight excluding hydrogens is 539 g/mol. The number of nitrogens with one attached hydrogen (secondary N) is 2. The summed E-state index contributed by atoms with van der Waals surface area (Å²) >= 11 is 0. The summed E-state index contributed by atoms with van der Waals surface area (Å²) < 4.78 is 4.17. The van der Waals surface area contributed by atoms with Crippen LogP contribution in [0.2, 0.25) is 0 Å². The van der Waals surface area contributed by atoms with Crippen LogP contribution < -0.4 is 10.6 Å². The van der Waals surface area contributed by atoms with Gasteiger partial charge in [0, 0.05) is 44.3 Å². The van der Waals surface area contributed by atoms with E-state index in [1.807, 2.05) is 6.92 Å². The number of hydrogen-bond acceptors (Lipinski definition) is 4. The van der Waals surface area contributed by atoms with Crippen molar-refractivity contribution < 1.29 is 0 Å². The van der Waals surface area contributed by atoms with E-state index in [0.717, 1.165) is 75.8 Å². The van der Waals surface area contributed by atoms with Gasteiger partial charge in [-0.3, -0.25) is 9.67 Å². The molecule has 0 radical (unpaired) electrons. The van der Waals surface area contributed by atoms with Gasteiger partial charge in [0.15, 0.2) is 5.96 Å². The van der Waals surface area contributed by atoms with E-state index in [-0.39, 0.29) is 24.0 Å². The molecule has 0 aliphatic heterocycles. The number of aromatic nitrogens is 5. The minimum absolute atomic E-state index is 0. The molecule has 8 nitrogen and oxygen atoms in total. The Kier molecular flexibility index (Phi) is 9.91. The molecule has 1 aliphatic carbocycles. The predicted molar refractivity (Wildman–Crippen MR) is 147 cm³/mol. The molecule has 0 fully saturated rings. The number of halogens is 1. The molecule has 4 rings (SSSR count). The summed E-state index contributed by atoms with van der Waals surface area (Å²) in [6.07, 6.45) is 6.90. The second kappa shape index (κ2) is 12.9. The van der Waals surface area contributed by atoms with Gasteiger partial charge in [-0.1, -0.05) is 31.2 Å². The van der Waals surface area contributed by atoms with E-state index < -0.39 is 0 Å². The number of aliphatic imine (C=N–C) groups is 1. The molecule has 0 amide bonds. The van der Waals surface area contributed by atoms with Gasteiger partial charge in [0.05, 0.1) is 5.69 Å². The van der Waals surface area contributed by atoms with Gasteiger partial charge in [0.2, 0.25) is 0 Å². The Morgan fingerprint density at radius 2 is 2.00 bits per heavy atom. The topological polar surface area (TPSA) is 85.0 Å². The molecule has 1 aliphatic rings. The zero-order valence-corrected chi connectivity index (χ0v) is 22.8. The maximum absolute atomic E-state index is 4.90. The smallest absolute Gasteiger partial charge is 0.191 e. The Hall–Kier alpha value is -2.43. The van der Waals surface area contributed by atoms with Crippen LogP contribution in [0.25, 0.3) is 0 Å². The molecule has 1 aromatic carbocycles. The zero-order valence-electron chi connectivity index (χ0n) is 20.5. The van der Waals surface area contributed by atoms with E-state index >= 15 is 0 Å². The second-order valence-electron chi connectivity index (χ2n) is 8.81. The summed E-state index contributed by atoms with van der Waals surface area (Å²) in [5.74, 6) is 1.90. The molecule has 2 N–H and O–H groups in total. The molecule has 34 heavy (non-hydrogen) atoms. The van der Waals surface area contributed by atoms with E-state index in [2.05, 4.69) is 79.4 Å². The zero-order chi connectivity index (χ0) is 23.0. The van der Waals surface area contributed by atoms with Gasteiger partial charge in [0.25, 0.3) is 0 Å². The molecule has 1 unspecified atom stereocenters. The van der Waals surface area contributed by atoms with Crippen molar-refractivity contribution in [2.24, 2.45) is 4.99 Å². The molecule has 184 valence electrons. The van der Waals surface area contributed by atoms with Crippen molar-refractivity contribution in [3.05, 3.63) is 65.0 Å². The summed E-state index contributed by atoms with van der Waals surface area (Å²) in [6, 6.07) is 11.3. The van der Waals surface area contributed by atoms with E-state index in [4.69, 9.17) is 4.99 Å². The first-order chi connectivity index (χ1) is 16.1. The SMILES string of the molecule is CCc1nncn1CCNC(=NCCCn1nc(C)cc1C)NC1CCc2ccccc2C1.I. The van der Waals surface area contributed by atoms with E-state index in [9.17, 15) is 0 Å². The minimum atomic E-state index is 0. The Labute approximate surface area is 219 Å². The van der Waals surface area contributed by atoms with Gasteiger partial charge in [0.1, 0.15) is 12.2 Å². The number of nitrogens with zero attached hydrogens (tertiary/aromatic N) is 6. The Morgan fingerprint density at radius 1 is 1.18 bits per heavy atom. The highest BCUT2D eigenvalue weighted by atomic mass is 127. The van der Waals surface area contributed by atoms with Crippen molar-refractivity contribution in [1.29, 1.82) is 0 Å². The maximum atomic E-state index is 4.90. The lowest BCUT2D eigenvalue weighted by atomic mass is 9.88. The van der Waals surface area contributed by atoms with Crippen molar-refractivity contribution in [1.82, 2.24) is 35.2 Å². The maximum Gasteiger partial charge on any atom is 0.191 e. The summed E-state index contributed by atoms with van der Waals surface area (Å²) in [5.41, 5.74) is 5.20. The van der Waals surface area contributed by atoms with Crippen LogP contribution in [0.1, 0.15) is 48.1 Å². The lowest BCUT2D eigenvalue weighted by Crippen LogP contribution is -2.46. The molecule has 0 spiro atoms. The van der Waals surface area contributed by atoms with Crippen molar-refractivity contribution in [3.8, 4) is 0 Å². The third-order valence-corrected chi connectivity index (χ3v) is 6.25. The summed E-state index contributed by atoms with van der Waals surface area (Å²) in [4.78, 5) is 4.90. The van der Waals surface area contributed by atoms with Crippen molar-refractivity contribution in [2.45, 2.75) is 72.0 Å². The van der Waals surface area contributed by atoms with Gasteiger partial charge >= 0.3 is 0 Å². The van der Waals surface area contributed by atoms with Crippen LogP contribution in [0.4, 0.5) is 0 Å². The molecule has 3 aromatic rings. The standard InChI is InChI=1S/C25H36N8.HI/c1-4-24-30-28-18-32(24)15-13-27-25(26-12-7-14-33-20(3)16-19(2)31-33)29-23-11-10-21-8-5-6-9-22(21)17-23;/h5-6,8-9,16,18,23H,4,7,10-15,17H2,1-3H3,(H2,26,27,29);1H. The summed E-state index contributed by atoms with van der Waals surface area (Å²) in [7, 11) is 0. The van der Waals surface area contributed by atoms with Gasteiger partial charge in [-0.05, 0) is 56.7 Å². The lowest BCUT2D eigenvalue weighted by Gasteiger charge is -2.27. The monoisotopic (exact) mass is 576 g/mol. The van der Waals surface area contributed by atoms with Gasteiger partial charge in [-0.15, -0.1) is 34.2 Å². The minimum Gasteiger partial charge on any atom is -0.355 e. The van der Waals surface area contributed by atoms with Crippen LogP contribution in [0, 0.1) is 13.8 Å². The third kappa shape index (κ3) is 7.04. The fourth-order valence-electron chi connectivity index (χ4n) is 4.51. The number of guanidine groups is 1. The predicted octanol–water partition coefficient (Wildman–Crippen LogP) is 3.45. The Morgan fingerprint density at radius 3 is 2.76 bits per heavy atom. The average molecular weight is 577 g/mol. The Balaban J connectivity index is 0.00000324.